The zero-order chi connectivity index (χ0) is 24.7. The maximum absolute atomic E-state index is 14.6. The third-order valence-electron chi connectivity index (χ3n) is 6.67. The number of ether oxygens (including phenoxy) is 2. The van der Waals surface area contributed by atoms with Crippen LogP contribution in [0.15, 0.2) is 60.7 Å². The Morgan fingerprint density at radius 3 is 1.24 bits per heavy atom. The number of rotatable bonds is 6. The molecule has 33 heavy (non-hydrogen) atoms. The lowest BCUT2D eigenvalue weighted by molar-refractivity contribution is -0.142. The number of benzene rings is 2. The van der Waals surface area contributed by atoms with Crippen molar-refractivity contribution in [1.82, 2.24) is 0 Å². The largest absolute Gasteiger partial charge is 0.344 e. The van der Waals surface area contributed by atoms with Crippen LogP contribution >= 0.6 is 14.3 Å². The van der Waals surface area contributed by atoms with Crippen molar-refractivity contribution in [1.29, 1.82) is 0 Å². The van der Waals surface area contributed by atoms with E-state index in [-0.39, 0.29) is 0 Å². The highest BCUT2D eigenvalue weighted by atomic mass is 31.2. The van der Waals surface area contributed by atoms with Gasteiger partial charge in [0.1, 0.15) is 14.3 Å². The van der Waals surface area contributed by atoms with Crippen LogP contribution in [0.5, 0.6) is 0 Å². The summed E-state index contributed by atoms with van der Waals surface area (Å²) in [4.78, 5) is 0. The summed E-state index contributed by atoms with van der Waals surface area (Å²) in [6.45, 7) is 15.9. The normalized spacial score (nSPS) is 24.7. The Bertz CT molecular complexity index is 950. The molecule has 1 aliphatic rings. The van der Waals surface area contributed by atoms with Gasteiger partial charge < -0.3 is 18.6 Å². The number of hydrogen-bond donors (Lipinski definition) is 0. The molecule has 1 fully saturated rings. The Morgan fingerprint density at radius 1 is 0.667 bits per heavy atom. The Morgan fingerprint density at radius 2 is 0.970 bits per heavy atom. The second-order valence-electron chi connectivity index (χ2n) is 11.6. The van der Waals surface area contributed by atoms with Gasteiger partial charge in [0.2, 0.25) is 0 Å². The molecule has 1 saturated heterocycles. The molecule has 4 nitrogen and oxygen atoms in total. The van der Waals surface area contributed by atoms with Gasteiger partial charge in [0, 0.05) is 33.2 Å². The predicted octanol–water partition coefficient (Wildman–Crippen LogP) is 6.48. The molecule has 0 amide bonds. The van der Waals surface area contributed by atoms with E-state index in [1.165, 1.54) is 0 Å². The first-order valence-corrected chi connectivity index (χ1v) is 15.5. The highest BCUT2D eigenvalue weighted by molar-refractivity contribution is 7.73. The summed E-state index contributed by atoms with van der Waals surface area (Å²) in [6.07, 6.45) is -0.115. The Labute approximate surface area is 200 Å². The third-order valence-corrected chi connectivity index (χ3v) is 15.0. The van der Waals surface area contributed by atoms with Crippen LogP contribution < -0.4 is 10.6 Å². The smallest absolute Gasteiger partial charge is 0.163 e. The van der Waals surface area contributed by atoms with Gasteiger partial charge in [-0.25, -0.2) is 0 Å². The first-order chi connectivity index (χ1) is 15.1. The van der Waals surface area contributed by atoms with Gasteiger partial charge in [0.15, 0.2) is 5.79 Å². The second-order valence-corrected chi connectivity index (χ2v) is 19.0. The quantitative estimate of drug-likeness (QED) is 0.435. The molecule has 0 N–H and O–H groups in total. The zero-order valence-electron chi connectivity index (χ0n) is 21.4. The lowest BCUT2D eigenvalue weighted by Crippen LogP contribution is -2.38. The highest BCUT2D eigenvalue weighted by Crippen LogP contribution is 2.61. The van der Waals surface area contributed by atoms with Crippen LogP contribution in [0.3, 0.4) is 0 Å². The van der Waals surface area contributed by atoms with E-state index < -0.39 is 42.6 Å². The van der Waals surface area contributed by atoms with Crippen molar-refractivity contribution in [3.8, 4) is 0 Å². The van der Waals surface area contributed by atoms with E-state index >= 15 is 0 Å². The van der Waals surface area contributed by atoms with Gasteiger partial charge in [0.25, 0.3) is 0 Å². The summed E-state index contributed by atoms with van der Waals surface area (Å²) < 4.78 is 41.9. The standard InChI is InChI=1S/C27H40O4P2/c1-25(2,3)32(28,21-15-11-9-12-16-21)19-23-24(31-27(7,8)30-23)20-33(29,26(4,5)6)22-17-13-10-14-18-22/h9-18,23-24H,19-20H2,1-8H3. The van der Waals surface area contributed by atoms with Crippen LogP contribution in [0.1, 0.15) is 55.4 Å². The maximum Gasteiger partial charge on any atom is 0.163 e. The molecule has 4 unspecified atom stereocenters. The van der Waals surface area contributed by atoms with E-state index in [9.17, 15) is 9.13 Å². The molecule has 4 atom stereocenters. The molecular weight excluding hydrogens is 450 g/mol. The van der Waals surface area contributed by atoms with Gasteiger partial charge in [-0.2, -0.15) is 0 Å². The molecule has 0 radical (unpaired) electrons. The van der Waals surface area contributed by atoms with Crippen LogP contribution in [-0.4, -0.2) is 40.6 Å². The second kappa shape index (κ2) is 9.12. The van der Waals surface area contributed by atoms with Crippen molar-refractivity contribution in [2.75, 3.05) is 12.3 Å². The fraction of sp³-hybridized carbons (Fsp3) is 0.556. The van der Waals surface area contributed by atoms with Crippen LogP contribution in [0.2, 0.25) is 0 Å². The Balaban J connectivity index is 2.01. The van der Waals surface area contributed by atoms with E-state index in [0.29, 0.717) is 12.3 Å². The van der Waals surface area contributed by atoms with Gasteiger partial charge in [-0.05, 0) is 13.8 Å². The van der Waals surface area contributed by atoms with Crippen molar-refractivity contribution in [2.24, 2.45) is 0 Å². The van der Waals surface area contributed by atoms with E-state index in [2.05, 4.69) is 0 Å². The topological polar surface area (TPSA) is 52.6 Å². The Hall–Kier alpha value is -1.18. The highest BCUT2D eigenvalue weighted by Gasteiger charge is 2.51. The molecule has 182 valence electrons. The van der Waals surface area contributed by atoms with E-state index in [1.54, 1.807) is 0 Å². The minimum atomic E-state index is -2.87. The summed E-state index contributed by atoms with van der Waals surface area (Å²) in [6, 6.07) is 19.4. The summed E-state index contributed by atoms with van der Waals surface area (Å²) in [7, 11) is -5.74. The first kappa shape index (κ1) is 26.4. The van der Waals surface area contributed by atoms with E-state index in [1.807, 2.05) is 116 Å². The Kier molecular flexibility index (Phi) is 7.30. The lowest BCUT2D eigenvalue weighted by Gasteiger charge is -2.36. The molecule has 6 heteroatoms. The monoisotopic (exact) mass is 490 g/mol. The minimum absolute atomic E-state index is 0.355. The molecule has 2 aromatic rings. The summed E-state index contributed by atoms with van der Waals surface area (Å²) in [5.41, 5.74) is 0. The number of hydrogen-bond acceptors (Lipinski definition) is 4. The van der Waals surface area contributed by atoms with Crippen molar-refractivity contribution in [3.05, 3.63) is 60.7 Å². The van der Waals surface area contributed by atoms with Crippen LogP contribution in [-0.2, 0) is 18.6 Å². The summed E-state index contributed by atoms with van der Waals surface area (Å²) in [5.74, 6) is -0.825. The van der Waals surface area contributed by atoms with Crippen molar-refractivity contribution in [2.45, 2.75) is 83.7 Å². The van der Waals surface area contributed by atoms with E-state index in [0.717, 1.165) is 10.6 Å². The van der Waals surface area contributed by atoms with Crippen molar-refractivity contribution >= 4 is 24.9 Å². The molecular formula is C27H40O4P2. The lowest BCUT2D eigenvalue weighted by atomic mass is 10.2. The first-order valence-electron chi connectivity index (χ1n) is 11.7. The maximum atomic E-state index is 14.6. The zero-order valence-corrected chi connectivity index (χ0v) is 23.2. The fourth-order valence-corrected chi connectivity index (χ4v) is 10.6. The van der Waals surface area contributed by atoms with Crippen molar-refractivity contribution < 1.29 is 18.6 Å². The van der Waals surface area contributed by atoms with Gasteiger partial charge in [0.05, 0.1) is 12.2 Å². The predicted molar refractivity (Wildman–Crippen MR) is 140 cm³/mol. The van der Waals surface area contributed by atoms with Gasteiger partial charge >= 0.3 is 0 Å². The molecule has 3 rings (SSSR count). The average molecular weight is 491 g/mol. The molecule has 1 heterocycles. The molecule has 0 saturated carbocycles. The fourth-order valence-electron chi connectivity index (χ4n) is 4.60. The van der Waals surface area contributed by atoms with Crippen molar-refractivity contribution in [3.63, 3.8) is 0 Å². The summed E-state index contributed by atoms with van der Waals surface area (Å²) >= 11 is 0. The average Bonchev–Trinajstić information content (AvgIpc) is 3.00. The minimum Gasteiger partial charge on any atom is -0.344 e. The molecule has 0 aromatic heterocycles. The molecule has 0 spiro atoms. The summed E-state index contributed by atoms with van der Waals surface area (Å²) in [5, 5.41) is 0.822. The van der Waals surface area contributed by atoms with Gasteiger partial charge in [-0.1, -0.05) is 102 Å². The van der Waals surface area contributed by atoms with Crippen LogP contribution in [0, 0.1) is 0 Å². The molecule has 0 bridgehead atoms. The molecule has 2 aromatic carbocycles. The van der Waals surface area contributed by atoms with Crippen LogP contribution in [0.4, 0.5) is 0 Å². The van der Waals surface area contributed by atoms with E-state index in [4.69, 9.17) is 9.47 Å². The molecule has 1 aliphatic heterocycles. The van der Waals surface area contributed by atoms with Crippen LogP contribution in [0.25, 0.3) is 0 Å². The SMILES string of the molecule is CC1(C)OC(CP(=O)(c2ccccc2)C(C)(C)C)C(CP(=O)(c2ccccc2)C(C)(C)C)O1. The van der Waals surface area contributed by atoms with Gasteiger partial charge in [-0.15, -0.1) is 0 Å². The molecule has 0 aliphatic carbocycles. The third kappa shape index (κ3) is 5.40. The van der Waals surface area contributed by atoms with Gasteiger partial charge in [-0.3, -0.25) is 0 Å².